The number of pyridine rings is 1. The van der Waals surface area contributed by atoms with Crippen LogP contribution >= 0.6 is 0 Å². The van der Waals surface area contributed by atoms with E-state index in [0.29, 0.717) is 36.5 Å². The Morgan fingerprint density at radius 1 is 1.02 bits per heavy atom. The van der Waals surface area contributed by atoms with Crippen molar-refractivity contribution in [3.8, 4) is 28.8 Å². The predicted molar refractivity (Wildman–Crippen MR) is 182 cm³/mol. The fraction of sp³-hybridized carbons (Fsp3) is 0.457. The van der Waals surface area contributed by atoms with Crippen molar-refractivity contribution in [1.29, 1.82) is 5.26 Å². The van der Waals surface area contributed by atoms with Crippen LogP contribution in [0.3, 0.4) is 0 Å². The molecule has 48 heavy (non-hydrogen) atoms. The Bertz CT molecular complexity index is 1780. The second-order valence-electron chi connectivity index (χ2n) is 12.9. The Kier molecular flexibility index (Phi) is 10.1. The summed E-state index contributed by atoms with van der Waals surface area (Å²) in [6, 6.07) is 12.4. The molecule has 1 aromatic carbocycles. The maximum absolute atomic E-state index is 17.0. The zero-order valence-corrected chi connectivity index (χ0v) is 27.8. The average molecular weight is 657 g/mol. The monoisotopic (exact) mass is 656 g/mol. The average Bonchev–Trinajstić information content (AvgIpc) is 3.51. The lowest BCUT2D eigenvalue weighted by molar-refractivity contribution is -0.131. The number of carbonyl (C=O) groups excluding carboxylic acids is 1. The molecule has 0 radical (unpaired) electrons. The second-order valence-corrected chi connectivity index (χ2v) is 12.9. The van der Waals surface area contributed by atoms with Crippen LogP contribution in [0, 0.1) is 23.0 Å². The van der Waals surface area contributed by atoms with Gasteiger partial charge in [-0.15, -0.1) is 0 Å². The van der Waals surface area contributed by atoms with E-state index >= 15 is 4.39 Å². The minimum absolute atomic E-state index is 0.128. The van der Waals surface area contributed by atoms with Gasteiger partial charge >= 0.3 is 0 Å². The van der Waals surface area contributed by atoms with Gasteiger partial charge in [0.25, 0.3) is 0 Å². The number of rotatable bonds is 10. The van der Waals surface area contributed by atoms with Crippen molar-refractivity contribution in [3.63, 3.8) is 0 Å². The van der Waals surface area contributed by atoms with E-state index < -0.39 is 11.6 Å². The Hall–Kier alpha value is -4.67. The van der Waals surface area contributed by atoms with Crippen LogP contribution in [-0.4, -0.2) is 120 Å². The van der Waals surface area contributed by atoms with Gasteiger partial charge in [-0.25, -0.2) is 23.7 Å². The topological polar surface area (TPSA) is 100 Å². The summed E-state index contributed by atoms with van der Waals surface area (Å²) in [5, 5.41) is 9.16. The number of hydrogen-bond acceptors (Lipinski definition) is 9. The van der Waals surface area contributed by atoms with Gasteiger partial charge < -0.3 is 24.5 Å². The predicted octanol–water partition coefficient (Wildman–Crippen LogP) is 4.15. The molecule has 4 aromatic rings. The SMILES string of the molecule is CN(C)CCCN(c1nc(-c2cnc3ccc(F)cn23)nc(-c2ccc(N3CCN(C)CC3)cc2)c1F)C1CCCN(C(=O)CC#N)C1. The first-order chi connectivity index (χ1) is 23.2. The van der Waals surface area contributed by atoms with Crippen LogP contribution in [-0.2, 0) is 4.79 Å². The third-order valence-corrected chi connectivity index (χ3v) is 9.24. The van der Waals surface area contributed by atoms with Crippen molar-refractivity contribution in [1.82, 2.24) is 34.1 Å². The number of carbonyl (C=O) groups is 1. The standard InChI is InChI=1S/C35H42F2N10O/c1-42(2)15-5-17-46(28-6-4-16-45(24-28)31(48)13-14-38)35-32(37)33(25-7-10-27(11-8-25)44-20-18-43(3)19-21-44)40-34(41-35)29-22-39-30-12-9-26(36)23-47(29)30/h7-12,22-23,28H,4-6,13,15-21,24H2,1-3H3. The first-order valence-corrected chi connectivity index (χ1v) is 16.5. The van der Waals surface area contributed by atoms with Crippen LogP contribution in [0.1, 0.15) is 25.7 Å². The summed E-state index contributed by atoms with van der Waals surface area (Å²) < 4.78 is 33.0. The molecule has 13 heteroatoms. The molecular formula is C35H42F2N10O. The van der Waals surface area contributed by atoms with Crippen LogP contribution in [0.4, 0.5) is 20.3 Å². The normalized spacial score (nSPS) is 17.2. The number of piperazine rings is 1. The molecule has 1 amide bonds. The first kappa shape index (κ1) is 33.2. The fourth-order valence-corrected chi connectivity index (χ4v) is 6.58. The van der Waals surface area contributed by atoms with Crippen LogP contribution in [0.15, 0.2) is 48.8 Å². The molecule has 5 heterocycles. The van der Waals surface area contributed by atoms with Crippen molar-refractivity contribution < 1.29 is 13.6 Å². The third-order valence-electron chi connectivity index (χ3n) is 9.24. The number of hydrogen-bond donors (Lipinski definition) is 0. The Morgan fingerprint density at radius 2 is 1.79 bits per heavy atom. The largest absolute Gasteiger partial charge is 0.369 e. The number of likely N-dealkylation sites (tertiary alicyclic amines) is 1. The van der Waals surface area contributed by atoms with Gasteiger partial charge in [-0.1, -0.05) is 12.1 Å². The zero-order valence-electron chi connectivity index (χ0n) is 27.8. The summed E-state index contributed by atoms with van der Waals surface area (Å²) in [5.41, 5.74) is 2.74. The van der Waals surface area contributed by atoms with Gasteiger partial charge in [0.2, 0.25) is 5.91 Å². The van der Waals surface area contributed by atoms with Gasteiger partial charge in [0, 0.05) is 69.3 Å². The lowest BCUT2D eigenvalue weighted by atomic mass is 10.0. The van der Waals surface area contributed by atoms with Gasteiger partial charge in [-0.3, -0.25) is 9.20 Å². The summed E-state index contributed by atoms with van der Waals surface area (Å²) >= 11 is 0. The Balaban J connectivity index is 1.45. The number of anilines is 2. The van der Waals surface area contributed by atoms with Crippen molar-refractivity contribution >= 4 is 23.1 Å². The number of nitriles is 1. The highest BCUT2D eigenvalue weighted by Crippen LogP contribution is 2.34. The molecule has 0 aliphatic carbocycles. The van der Waals surface area contributed by atoms with E-state index in [0.717, 1.165) is 57.7 Å². The summed E-state index contributed by atoms with van der Waals surface area (Å²) in [6.07, 6.45) is 4.88. The summed E-state index contributed by atoms with van der Waals surface area (Å²) in [7, 11) is 6.10. The van der Waals surface area contributed by atoms with E-state index in [4.69, 9.17) is 15.2 Å². The van der Waals surface area contributed by atoms with E-state index in [9.17, 15) is 9.18 Å². The molecule has 1 atom stereocenters. The van der Waals surface area contributed by atoms with E-state index in [1.807, 2.05) is 49.3 Å². The smallest absolute Gasteiger partial charge is 0.236 e. The quantitative estimate of drug-likeness (QED) is 0.249. The Labute approximate surface area is 280 Å². The summed E-state index contributed by atoms with van der Waals surface area (Å²) in [4.78, 5) is 37.1. The maximum Gasteiger partial charge on any atom is 0.236 e. The minimum Gasteiger partial charge on any atom is -0.369 e. The van der Waals surface area contributed by atoms with Crippen molar-refractivity contribution in [2.45, 2.75) is 31.7 Å². The number of amides is 1. The Morgan fingerprint density at radius 3 is 2.52 bits per heavy atom. The molecule has 252 valence electrons. The number of nitrogens with zero attached hydrogens (tertiary/aromatic N) is 10. The molecule has 0 N–H and O–H groups in total. The fourth-order valence-electron chi connectivity index (χ4n) is 6.58. The molecule has 6 rings (SSSR count). The molecule has 0 saturated carbocycles. The number of fused-ring (bicyclic) bond motifs is 1. The molecule has 2 aliphatic heterocycles. The number of aromatic nitrogens is 4. The van der Waals surface area contributed by atoms with Crippen LogP contribution in [0.5, 0.6) is 0 Å². The molecule has 0 spiro atoms. The first-order valence-electron chi connectivity index (χ1n) is 16.5. The second kappa shape index (κ2) is 14.6. The van der Waals surface area contributed by atoms with Crippen LogP contribution < -0.4 is 9.80 Å². The molecule has 1 unspecified atom stereocenters. The van der Waals surface area contributed by atoms with Gasteiger partial charge in [-0.2, -0.15) is 5.26 Å². The number of halogens is 2. The van der Waals surface area contributed by atoms with E-state index in [1.165, 1.54) is 12.3 Å². The van der Waals surface area contributed by atoms with Crippen molar-refractivity contribution in [2.75, 3.05) is 83.3 Å². The highest BCUT2D eigenvalue weighted by atomic mass is 19.1. The third kappa shape index (κ3) is 7.24. The number of imidazole rings is 1. The van der Waals surface area contributed by atoms with Crippen molar-refractivity contribution in [3.05, 3.63) is 60.4 Å². The van der Waals surface area contributed by atoms with Gasteiger partial charge in [-0.05, 0) is 71.2 Å². The molecule has 3 aromatic heterocycles. The highest BCUT2D eigenvalue weighted by Gasteiger charge is 2.32. The number of piperidine rings is 1. The highest BCUT2D eigenvalue weighted by molar-refractivity contribution is 5.78. The van der Waals surface area contributed by atoms with Gasteiger partial charge in [0.1, 0.15) is 29.3 Å². The molecular weight excluding hydrogens is 614 g/mol. The molecule has 2 fully saturated rings. The minimum atomic E-state index is -0.559. The number of likely N-dealkylation sites (N-methyl/N-ethyl adjacent to an activating group) is 1. The molecule has 2 saturated heterocycles. The summed E-state index contributed by atoms with van der Waals surface area (Å²) in [5.74, 6) is -0.889. The lowest BCUT2D eigenvalue weighted by Crippen LogP contribution is -2.51. The van der Waals surface area contributed by atoms with Crippen LogP contribution in [0.25, 0.3) is 28.4 Å². The molecule has 0 bridgehead atoms. The van der Waals surface area contributed by atoms with Gasteiger partial charge in [0.15, 0.2) is 17.5 Å². The summed E-state index contributed by atoms with van der Waals surface area (Å²) in [6.45, 7) is 5.93. The molecule has 2 aliphatic rings. The maximum atomic E-state index is 17.0. The van der Waals surface area contributed by atoms with Gasteiger partial charge in [0.05, 0.1) is 12.3 Å². The van der Waals surface area contributed by atoms with E-state index in [1.54, 1.807) is 21.6 Å². The number of benzene rings is 1. The van der Waals surface area contributed by atoms with Crippen molar-refractivity contribution in [2.24, 2.45) is 0 Å². The van der Waals surface area contributed by atoms with E-state index in [2.05, 4.69) is 26.7 Å². The lowest BCUT2D eigenvalue weighted by Gasteiger charge is -2.40. The van der Waals surface area contributed by atoms with Crippen LogP contribution in [0.2, 0.25) is 0 Å². The zero-order chi connectivity index (χ0) is 33.8. The molecule has 11 nitrogen and oxygen atoms in total. The van der Waals surface area contributed by atoms with E-state index in [-0.39, 0.29) is 35.7 Å².